The fourth-order valence-electron chi connectivity index (χ4n) is 2.40. The average molecular weight is 286 g/mol. The third-order valence-electron chi connectivity index (χ3n) is 3.72. The molecule has 1 aliphatic carbocycles. The lowest BCUT2D eigenvalue weighted by Gasteiger charge is -2.23. The highest BCUT2D eigenvalue weighted by Gasteiger charge is 2.25. The zero-order chi connectivity index (χ0) is 13.1. The Hall–Kier alpha value is -0.240. The molecule has 100 valence electrons. The lowest BCUT2D eigenvalue weighted by atomic mass is 10.0. The summed E-state index contributed by atoms with van der Waals surface area (Å²) in [6.45, 7) is 4.42. The lowest BCUT2D eigenvalue weighted by molar-refractivity contribution is 0.404. The number of rotatable bonds is 6. The van der Waals surface area contributed by atoms with Crippen molar-refractivity contribution in [1.82, 2.24) is 5.32 Å². The Bertz CT molecular complexity index is 401. The Morgan fingerprint density at radius 1 is 1.33 bits per heavy atom. The standard InChI is InChI=1S/C15H21Cl2N/c1-3-13(8-11-4-5-11)18-10(2)14-7-6-12(16)9-15(14)17/h6-7,9-11,13,18H,3-5,8H2,1-2H3. The van der Waals surface area contributed by atoms with E-state index in [0.717, 1.165) is 16.5 Å². The molecular weight excluding hydrogens is 265 g/mol. The molecule has 1 N–H and O–H groups in total. The van der Waals surface area contributed by atoms with Gasteiger partial charge in [0.1, 0.15) is 0 Å². The van der Waals surface area contributed by atoms with Gasteiger partial charge in [0.2, 0.25) is 0 Å². The van der Waals surface area contributed by atoms with Gasteiger partial charge in [0.25, 0.3) is 0 Å². The van der Waals surface area contributed by atoms with Gasteiger partial charge in [0.05, 0.1) is 0 Å². The Kier molecular flexibility index (Phi) is 4.94. The van der Waals surface area contributed by atoms with Crippen molar-refractivity contribution in [2.24, 2.45) is 5.92 Å². The molecule has 1 nitrogen and oxygen atoms in total. The Balaban J connectivity index is 1.98. The molecule has 2 atom stereocenters. The molecule has 1 aromatic carbocycles. The molecule has 3 heteroatoms. The molecule has 0 aromatic heterocycles. The lowest BCUT2D eigenvalue weighted by Crippen LogP contribution is -2.31. The maximum absolute atomic E-state index is 6.24. The van der Waals surface area contributed by atoms with E-state index in [-0.39, 0.29) is 6.04 Å². The highest BCUT2D eigenvalue weighted by atomic mass is 35.5. The number of hydrogen-bond acceptors (Lipinski definition) is 1. The first-order valence-corrected chi connectivity index (χ1v) is 7.56. The zero-order valence-electron chi connectivity index (χ0n) is 11.0. The quantitative estimate of drug-likeness (QED) is 0.755. The van der Waals surface area contributed by atoms with Gasteiger partial charge in [0, 0.05) is 22.1 Å². The van der Waals surface area contributed by atoms with Crippen molar-refractivity contribution in [3.05, 3.63) is 33.8 Å². The van der Waals surface area contributed by atoms with E-state index in [9.17, 15) is 0 Å². The van der Waals surface area contributed by atoms with Crippen LogP contribution in [0.3, 0.4) is 0 Å². The molecule has 1 saturated carbocycles. The monoisotopic (exact) mass is 285 g/mol. The molecule has 0 radical (unpaired) electrons. The molecule has 0 aliphatic heterocycles. The maximum Gasteiger partial charge on any atom is 0.0468 e. The maximum atomic E-state index is 6.24. The number of hydrogen-bond donors (Lipinski definition) is 1. The summed E-state index contributed by atoms with van der Waals surface area (Å²) in [4.78, 5) is 0. The smallest absolute Gasteiger partial charge is 0.0468 e. The summed E-state index contributed by atoms with van der Waals surface area (Å²) < 4.78 is 0. The minimum absolute atomic E-state index is 0.276. The minimum Gasteiger partial charge on any atom is -0.307 e. The van der Waals surface area contributed by atoms with E-state index < -0.39 is 0 Å². The first-order chi connectivity index (χ1) is 8.60. The van der Waals surface area contributed by atoms with Crippen molar-refractivity contribution in [2.45, 2.75) is 51.6 Å². The Morgan fingerprint density at radius 2 is 2.06 bits per heavy atom. The van der Waals surface area contributed by atoms with Gasteiger partial charge in [-0.15, -0.1) is 0 Å². The Labute approximate surface area is 120 Å². The van der Waals surface area contributed by atoms with Crippen molar-refractivity contribution in [3.63, 3.8) is 0 Å². The molecule has 1 aromatic rings. The van der Waals surface area contributed by atoms with Crippen LogP contribution in [0.1, 0.15) is 51.1 Å². The molecular formula is C15H21Cl2N. The second-order valence-electron chi connectivity index (χ2n) is 5.34. The van der Waals surface area contributed by atoms with Crippen LogP contribution in [0.25, 0.3) is 0 Å². The predicted octanol–water partition coefficient (Wildman–Crippen LogP) is 5.22. The summed E-state index contributed by atoms with van der Waals surface area (Å²) in [7, 11) is 0. The van der Waals surface area contributed by atoms with Crippen LogP contribution in [0.15, 0.2) is 18.2 Å². The SMILES string of the molecule is CCC(CC1CC1)NC(C)c1ccc(Cl)cc1Cl. The molecule has 0 heterocycles. The predicted molar refractivity (Wildman–Crippen MR) is 79.4 cm³/mol. The summed E-state index contributed by atoms with van der Waals surface area (Å²) in [6, 6.07) is 6.62. The number of benzene rings is 1. The summed E-state index contributed by atoms with van der Waals surface area (Å²) in [5.74, 6) is 0.954. The van der Waals surface area contributed by atoms with Crippen LogP contribution >= 0.6 is 23.2 Å². The molecule has 0 saturated heterocycles. The average Bonchev–Trinajstić information content (AvgIpc) is 3.11. The van der Waals surface area contributed by atoms with Crippen molar-refractivity contribution in [1.29, 1.82) is 0 Å². The van der Waals surface area contributed by atoms with Crippen LogP contribution < -0.4 is 5.32 Å². The van der Waals surface area contributed by atoms with Crippen molar-refractivity contribution in [3.8, 4) is 0 Å². The summed E-state index contributed by atoms with van der Waals surface area (Å²) in [6.07, 6.45) is 5.29. The van der Waals surface area contributed by atoms with E-state index in [1.165, 1.54) is 25.7 Å². The number of halogens is 2. The van der Waals surface area contributed by atoms with Crippen molar-refractivity contribution >= 4 is 23.2 Å². The van der Waals surface area contributed by atoms with Crippen LogP contribution in [-0.2, 0) is 0 Å². The van der Waals surface area contributed by atoms with Gasteiger partial charge in [-0.2, -0.15) is 0 Å². The topological polar surface area (TPSA) is 12.0 Å². The highest BCUT2D eigenvalue weighted by Crippen LogP contribution is 2.35. The van der Waals surface area contributed by atoms with E-state index in [2.05, 4.69) is 19.2 Å². The van der Waals surface area contributed by atoms with Crippen LogP contribution in [0.4, 0.5) is 0 Å². The van der Waals surface area contributed by atoms with Gasteiger partial charge >= 0.3 is 0 Å². The second kappa shape index (κ2) is 6.27. The van der Waals surface area contributed by atoms with Gasteiger partial charge in [-0.05, 0) is 43.4 Å². The van der Waals surface area contributed by atoms with Crippen LogP contribution in [-0.4, -0.2) is 6.04 Å². The van der Waals surface area contributed by atoms with E-state index in [4.69, 9.17) is 23.2 Å². The summed E-state index contributed by atoms with van der Waals surface area (Å²) >= 11 is 12.2. The van der Waals surface area contributed by atoms with Gasteiger partial charge in [-0.1, -0.05) is 49.0 Å². The molecule has 0 amide bonds. The summed E-state index contributed by atoms with van der Waals surface area (Å²) in [5, 5.41) is 5.14. The largest absolute Gasteiger partial charge is 0.307 e. The molecule has 0 spiro atoms. The van der Waals surface area contributed by atoms with Gasteiger partial charge in [0.15, 0.2) is 0 Å². The second-order valence-corrected chi connectivity index (χ2v) is 6.18. The third-order valence-corrected chi connectivity index (χ3v) is 4.28. The molecule has 2 unspecified atom stereocenters. The van der Waals surface area contributed by atoms with E-state index in [1.807, 2.05) is 18.2 Å². The molecule has 1 aliphatic rings. The van der Waals surface area contributed by atoms with E-state index >= 15 is 0 Å². The van der Waals surface area contributed by atoms with Crippen molar-refractivity contribution in [2.75, 3.05) is 0 Å². The Morgan fingerprint density at radius 3 is 2.61 bits per heavy atom. The van der Waals surface area contributed by atoms with Crippen molar-refractivity contribution < 1.29 is 0 Å². The van der Waals surface area contributed by atoms with Gasteiger partial charge < -0.3 is 5.32 Å². The molecule has 1 fully saturated rings. The fraction of sp³-hybridized carbons (Fsp3) is 0.600. The number of nitrogens with one attached hydrogen (secondary N) is 1. The van der Waals surface area contributed by atoms with Crippen LogP contribution in [0, 0.1) is 5.92 Å². The fourth-order valence-corrected chi connectivity index (χ4v) is 2.98. The van der Waals surface area contributed by atoms with Crippen LogP contribution in [0.5, 0.6) is 0 Å². The third kappa shape index (κ3) is 3.88. The van der Waals surface area contributed by atoms with Crippen LogP contribution in [0.2, 0.25) is 10.0 Å². The van der Waals surface area contributed by atoms with Gasteiger partial charge in [-0.25, -0.2) is 0 Å². The molecule has 0 bridgehead atoms. The highest BCUT2D eigenvalue weighted by molar-refractivity contribution is 6.35. The normalized spacial score (nSPS) is 18.7. The van der Waals surface area contributed by atoms with E-state index in [0.29, 0.717) is 11.1 Å². The van der Waals surface area contributed by atoms with E-state index in [1.54, 1.807) is 0 Å². The molecule has 2 rings (SSSR count). The first-order valence-electron chi connectivity index (χ1n) is 6.81. The first kappa shape index (κ1) is 14.2. The minimum atomic E-state index is 0.276. The zero-order valence-corrected chi connectivity index (χ0v) is 12.6. The molecule has 18 heavy (non-hydrogen) atoms. The summed E-state index contributed by atoms with van der Waals surface area (Å²) in [5.41, 5.74) is 1.13. The van der Waals surface area contributed by atoms with Gasteiger partial charge in [-0.3, -0.25) is 0 Å².